The van der Waals surface area contributed by atoms with E-state index in [1.54, 1.807) is 12.1 Å². The van der Waals surface area contributed by atoms with Gasteiger partial charge in [0, 0.05) is 6.54 Å². The number of hydrogen-bond donors (Lipinski definition) is 1. The van der Waals surface area contributed by atoms with E-state index < -0.39 is 6.36 Å². The van der Waals surface area contributed by atoms with Crippen molar-refractivity contribution >= 4 is 0 Å². The number of nitrogens with one attached hydrogen (secondary N) is 1. The van der Waals surface area contributed by atoms with Crippen molar-refractivity contribution in [3.63, 3.8) is 0 Å². The molecule has 1 N–H and O–H groups in total. The van der Waals surface area contributed by atoms with Crippen LogP contribution in [0.5, 0.6) is 5.75 Å². The van der Waals surface area contributed by atoms with Gasteiger partial charge in [-0.05, 0) is 30.2 Å². The van der Waals surface area contributed by atoms with E-state index in [0.29, 0.717) is 12.5 Å². The van der Waals surface area contributed by atoms with Gasteiger partial charge >= 0.3 is 6.36 Å². The van der Waals surface area contributed by atoms with E-state index in [4.69, 9.17) is 0 Å². The first kappa shape index (κ1) is 15.8. The van der Waals surface area contributed by atoms with Gasteiger partial charge in [-0.3, -0.25) is 0 Å². The van der Waals surface area contributed by atoms with Gasteiger partial charge in [-0.2, -0.15) is 0 Å². The molecular formula is C14H20F3NO. The molecule has 0 saturated carbocycles. The highest BCUT2D eigenvalue weighted by Crippen LogP contribution is 2.22. The molecule has 0 fully saturated rings. The molecule has 1 aromatic rings. The third-order valence-corrected chi connectivity index (χ3v) is 3.07. The number of rotatable bonds is 7. The summed E-state index contributed by atoms with van der Waals surface area (Å²) in [5, 5.41) is 3.31. The molecule has 5 heteroatoms. The van der Waals surface area contributed by atoms with Gasteiger partial charge in [-0.25, -0.2) is 0 Å². The van der Waals surface area contributed by atoms with Crippen LogP contribution in [-0.4, -0.2) is 12.9 Å². The fourth-order valence-electron chi connectivity index (χ4n) is 1.81. The zero-order valence-corrected chi connectivity index (χ0v) is 11.3. The molecule has 0 bridgehead atoms. The van der Waals surface area contributed by atoms with E-state index >= 15 is 0 Å². The minimum atomic E-state index is -4.63. The van der Waals surface area contributed by atoms with E-state index in [2.05, 4.69) is 23.9 Å². The zero-order chi connectivity index (χ0) is 14.3. The minimum absolute atomic E-state index is 0.184. The number of hydrogen-bond acceptors (Lipinski definition) is 2. The minimum Gasteiger partial charge on any atom is -0.406 e. The molecule has 1 aromatic carbocycles. The lowest BCUT2D eigenvalue weighted by Gasteiger charge is -2.13. The van der Waals surface area contributed by atoms with Gasteiger partial charge < -0.3 is 10.1 Å². The van der Waals surface area contributed by atoms with Gasteiger partial charge in [0.1, 0.15) is 5.75 Å². The van der Waals surface area contributed by atoms with Crippen molar-refractivity contribution in [3.05, 3.63) is 29.8 Å². The highest BCUT2D eigenvalue weighted by atomic mass is 19.4. The van der Waals surface area contributed by atoms with E-state index in [1.807, 2.05) is 0 Å². The van der Waals surface area contributed by atoms with Crippen LogP contribution in [0.15, 0.2) is 24.3 Å². The molecule has 0 unspecified atom stereocenters. The molecule has 0 amide bonds. The van der Waals surface area contributed by atoms with Gasteiger partial charge in [0.2, 0.25) is 0 Å². The Morgan fingerprint density at radius 3 is 2.16 bits per heavy atom. The van der Waals surface area contributed by atoms with Crippen molar-refractivity contribution in [3.8, 4) is 5.75 Å². The fourth-order valence-corrected chi connectivity index (χ4v) is 1.81. The Bertz CT molecular complexity index is 358. The highest BCUT2D eigenvalue weighted by Gasteiger charge is 2.30. The average Bonchev–Trinajstić information content (AvgIpc) is 2.35. The maximum absolute atomic E-state index is 12.0. The summed E-state index contributed by atoms with van der Waals surface area (Å²) in [7, 11) is 0. The Morgan fingerprint density at radius 2 is 1.68 bits per heavy atom. The largest absolute Gasteiger partial charge is 0.573 e. The molecule has 0 aliphatic heterocycles. The lowest BCUT2D eigenvalue weighted by Crippen LogP contribution is -2.21. The first-order valence-corrected chi connectivity index (χ1v) is 6.50. The van der Waals surface area contributed by atoms with Crippen LogP contribution in [0, 0.1) is 5.92 Å². The van der Waals surface area contributed by atoms with Gasteiger partial charge in [-0.1, -0.05) is 38.8 Å². The zero-order valence-electron chi connectivity index (χ0n) is 11.3. The second kappa shape index (κ2) is 7.38. The topological polar surface area (TPSA) is 21.3 Å². The molecule has 19 heavy (non-hydrogen) atoms. The number of halogens is 3. The van der Waals surface area contributed by atoms with Crippen LogP contribution >= 0.6 is 0 Å². The van der Waals surface area contributed by atoms with Crippen LogP contribution in [0.2, 0.25) is 0 Å². The van der Waals surface area contributed by atoms with Crippen LogP contribution in [0.25, 0.3) is 0 Å². The van der Waals surface area contributed by atoms with E-state index in [9.17, 15) is 13.2 Å². The number of benzene rings is 1. The number of ether oxygens (including phenoxy) is 1. The molecule has 0 atom stereocenters. The molecule has 0 aliphatic rings. The van der Waals surface area contributed by atoms with Crippen LogP contribution in [0.3, 0.4) is 0 Å². The summed E-state index contributed by atoms with van der Waals surface area (Å²) >= 11 is 0. The molecule has 108 valence electrons. The van der Waals surface area contributed by atoms with Crippen molar-refractivity contribution < 1.29 is 17.9 Å². The maximum atomic E-state index is 12.0. The maximum Gasteiger partial charge on any atom is 0.573 e. The summed E-state index contributed by atoms with van der Waals surface area (Å²) in [5.74, 6) is 0.462. The number of alkyl halides is 3. The summed E-state index contributed by atoms with van der Waals surface area (Å²) in [6.45, 7) is 5.88. The summed E-state index contributed by atoms with van der Waals surface area (Å²) in [4.78, 5) is 0. The molecule has 0 aliphatic carbocycles. The van der Waals surface area contributed by atoms with Crippen molar-refractivity contribution in [2.24, 2.45) is 5.92 Å². The highest BCUT2D eigenvalue weighted by molar-refractivity contribution is 5.27. The fraction of sp³-hybridized carbons (Fsp3) is 0.571. The monoisotopic (exact) mass is 275 g/mol. The summed E-state index contributed by atoms with van der Waals surface area (Å²) < 4.78 is 39.7. The third kappa shape index (κ3) is 6.47. The van der Waals surface area contributed by atoms with Crippen molar-refractivity contribution in [2.45, 2.75) is 39.6 Å². The molecule has 1 rings (SSSR count). The normalized spacial score (nSPS) is 11.9. The Balaban J connectivity index is 2.40. The molecule has 0 aromatic heterocycles. The van der Waals surface area contributed by atoms with Crippen LogP contribution in [0.4, 0.5) is 13.2 Å². The predicted octanol–water partition coefficient (Wildman–Crippen LogP) is 4.11. The molecule has 0 heterocycles. The van der Waals surface area contributed by atoms with Gasteiger partial charge in [-0.15, -0.1) is 13.2 Å². The lowest BCUT2D eigenvalue weighted by molar-refractivity contribution is -0.274. The second-order valence-electron chi connectivity index (χ2n) is 4.51. The summed E-state index contributed by atoms with van der Waals surface area (Å²) in [5.41, 5.74) is 0.945. The van der Waals surface area contributed by atoms with Gasteiger partial charge in [0.05, 0.1) is 0 Å². The first-order chi connectivity index (χ1) is 8.94. The molecule has 0 spiro atoms. The van der Waals surface area contributed by atoms with Crippen molar-refractivity contribution in [1.82, 2.24) is 5.32 Å². The smallest absolute Gasteiger partial charge is 0.406 e. The SMILES string of the molecule is CCC(CC)CNCc1ccc(OC(F)(F)F)cc1. The molecule has 0 saturated heterocycles. The Hall–Kier alpha value is -1.23. The second-order valence-corrected chi connectivity index (χ2v) is 4.51. The lowest BCUT2D eigenvalue weighted by atomic mass is 10.0. The Kier molecular flexibility index (Phi) is 6.15. The molecule has 0 radical (unpaired) electrons. The summed E-state index contributed by atoms with van der Waals surface area (Å²) in [6.07, 6.45) is -2.38. The van der Waals surface area contributed by atoms with Gasteiger partial charge in [0.15, 0.2) is 0 Å². The van der Waals surface area contributed by atoms with Crippen molar-refractivity contribution in [1.29, 1.82) is 0 Å². The quantitative estimate of drug-likeness (QED) is 0.808. The van der Waals surface area contributed by atoms with E-state index in [-0.39, 0.29) is 5.75 Å². The summed E-state index contributed by atoms with van der Waals surface area (Å²) in [6, 6.07) is 5.95. The molecule has 2 nitrogen and oxygen atoms in total. The van der Waals surface area contributed by atoms with Crippen molar-refractivity contribution in [2.75, 3.05) is 6.54 Å². The standard InChI is InChI=1S/C14H20F3NO/c1-3-11(4-2)9-18-10-12-5-7-13(8-6-12)19-14(15,16)17/h5-8,11,18H,3-4,9-10H2,1-2H3. The average molecular weight is 275 g/mol. The Morgan fingerprint density at radius 1 is 1.11 bits per heavy atom. The van der Waals surface area contributed by atoms with Gasteiger partial charge in [0.25, 0.3) is 0 Å². The first-order valence-electron chi connectivity index (χ1n) is 6.50. The van der Waals surface area contributed by atoms with E-state index in [0.717, 1.165) is 24.9 Å². The molecular weight excluding hydrogens is 255 g/mol. The van der Waals surface area contributed by atoms with E-state index in [1.165, 1.54) is 12.1 Å². The third-order valence-electron chi connectivity index (χ3n) is 3.07. The van der Waals surface area contributed by atoms with Crippen LogP contribution < -0.4 is 10.1 Å². The predicted molar refractivity (Wildman–Crippen MR) is 68.9 cm³/mol. The Labute approximate surface area is 112 Å². The van der Waals surface area contributed by atoms with Crippen LogP contribution in [0.1, 0.15) is 32.3 Å². The van der Waals surface area contributed by atoms with Crippen LogP contribution in [-0.2, 0) is 6.54 Å².